The Kier molecular flexibility index (Phi) is 4.78. The predicted octanol–water partition coefficient (Wildman–Crippen LogP) is 1.84. The maximum Gasteiger partial charge on any atom is 0.240 e. The Morgan fingerprint density at radius 1 is 1.36 bits per heavy atom. The third-order valence-corrected chi connectivity index (χ3v) is 4.14. The smallest absolute Gasteiger partial charge is 0.240 e. The maximum atomic E-state index is 13.7. The minimum absolute atomic E-state index is 0.00623. The van der Waals surface area contributed by atoms with E-state index in [0.717, 1.165) is 4.90 Å². The second-order valence-corrected chi connectivity index (χ2v) is 5.90. The molecule has 3 rings (SSSR count). The van der Waals surface area contributed by atoms with Crippen molar-refractivity contribution in [3.63, 3.8) is 0 Å². The number of hydrogen-bond acceptors (Lipinski definition) is 4. The van der Waals surface area contributed by atoms with E-state index in [-0.39, 0.29) is 43.0 Å². The van der Waals surface area contributed by atoms with Gasteiger partial charge in [0.2, 0.25) is 11.8 Å². The Labute approximate surface area is 142 Å². The first-order valence-electron chi connectivity index (χ1n) is 7.88. The molecule has 8 heteroatoms. The lowest BCUT2D eigenvalue weighted by Crippen LogP contribution is -2.43. The quantitative estimate of drug-likeness (QED) is 0.892. The van der Waals surface area contributed by atoms with Crippen LogP contribution in [0.15, 0.2) is 34.9 Å². The first kappa shape index (κ1) is 17.1. The van der Waals surface area contributed by atoms with Crippen molar-refractivity contribution in [3.8, 4) is 11.3 Å². The highest BCUT2D eigenvalue weighted by Gasteiger charge is 2.38. The highest BCUT2D eigenvalue weighted by Crippen LogP contribution is 2.25. The predicted molar refractivity (Wildman–Crippen MR) is 84.4 cm³/mol. The van der Waals surface area contributed by atoms with Crippen LogP contribution in [0, 0.1) is 5.82 Å². The lowest BCUT2D eigenvalue weighted by Gasteiger charge is -2.21. The second kappa shape index (κ2) is 7.00. The topological polar surface area (TPSA) is 89.4 Å². The first-order chi connectivity index (χ1) is 12.0. The lowest BCUT2D eigenvalue weighted by atomic mass is 10.2. The molecule has 0 spiro atoms. The third kappa shape index (κ3) is 3.67. The molecule has 132 valence electrons. The Hall–Kier alpha value is -2.77. The molecule has 1 aromatic carbocycles. The second-order valence-electron chi connectivity index (χ2n) is 5.90. The van der Waals surface area contributed by atoms with E-state index in [2.05, 4.69) is 4.98 Å². The summed E-state index contributed by atoms with van der Waals surface area (Å²) in [6, 6.07) is 5.20. The number of halogens is 2. The van der Waals surface area contributed by atoms with Crippen molar-refractivity contribution < 1.29 is 22.8 Å². The standard InChI is InChI=1S/C17H17F2N3O3/c18-10-7-13(17(20)24)22(9-10)16(23)6-5-15-21-8-14(25-15)11-3-1-2-4-12(11)19/h1-4,8,10,13H,5-7,9H2,(H2,20,24)/t10-,13+/m1/s1. The van der Waals surface area contributed by atoms with Gasteiger partial charge in [0, 0.05) is 19.3 Å². The monoisotopic (exact) mass is 349 g/mol. The summed E-state index contributed by atoms with van der Waals surface area (Å²) in [5.41, 5.74) is 5.49. The summed E-state index contributed by atoms with van der Waals surface area (Å²) >= 11 is 0. The average Bonchev–Trinajstić information content (AvgIpc) is 3.20. The molecule has 6 nitrogen and oxygen atoms in total. The van der Waals surface area contributed by atoms with Crippen LogP contribution < -0.4 is 5.73 Å². The molecule has 1 aliphatic rings. The van der Waals surface area contributed by atoms with Gasteiger partial charge in [0.1, 0.15) is 18.0 Å². The van der Waals surface area contributed by atoms with Gasteiger partial charge in [-0.05, 0) is 12.1 Å². The number of benzene rings is 1. The van der Waals surface area contributed by atoms with Gasteiger partial charge in [-0.3, -0.25) is 9.59 Å². The molecule has 0 saturated carbocycles. The molecular weight excluding hydrogens is 332 g/mol. The summed E-state index contributed by atoms with van der Waals surface area (Å²) in [5.74, 6) is -1.02. The van der Waals surface area contributed by atoms with E-state index < -0.39 is 29.8 Å². The number of amides is 2. The molecule has 25 heavy (non-hydrogen) atoms. The van der Waals surface area contributed by atoms with Crippen molar-refractivity contribution in [2.45, 2.75) is 31.5 Å². The number of alkyl halides is 1. The Balaban J connectivity index is 1.63. The minimum atomic E-state index is -1.25. The molecule has 0 unspecified atom stereocenters. The Bertz CT molecular complexity index is 793. The number of carbonyl (C=O) groups is 2. The van der Waals surface area contributed by atoms with E-state index in [1.165, 1.54) is 12.3 Å². The van der Waals surface area contributed by atoms with E-state index >= 15 is 0 Å². The van der Waals surface area contributed by atoms with Gasteiger partial charge in [0.05, 0.1) is 18.3 Å². The molecular formula is C17H17F2N3O3. The fourth-order valence-corrected chi connectivity index (χ4v) is 2.90. The normalized spacial score (nSPS) is 20.0. The number of oxazole rings is 1. The number of likely N-dealkylation sites (tertiary alicyclic amines) is 1. The van der Waals surface area contributed by atoms with E-state index in [0.29, 0.717) is 0 Å². The van der Waals surface area contributed by atoms with Gasteiger partial charge in [-0.25, -0.2) is 13.8 Å². The van der Waals surface area contributed by atoms with Gasteiger partial charge in [-0.15, -0.1) is 0 Å². The zero-order valence-electron chi connectivity index (χ0n) is 13.3. The van der Waals surface area contributed by atoms with Gasteiger partial charge in [-0.2, -0.15) is 0 Å². The fraction of sp³-hybridized carbons (Fsp3) is 0.353. The van der Waals surface area contributed by atoms with E-state index in [9.17, 15) is 18.4 Å². The average molecular weight is 349 g/mol. The number of rotatable bonds is 5. The van der Waals surface area contributed by atoms with Crippen molar-refractivity contribution in [1.82, 2.24) is 9.88 Å². The fourth-order valence-electron chi connectivity index (χ4n) is 2.90. The molecule has 2 atom stereocenters. The van der Waals surface area contributed by atoms with Gasteiger partial charge in [0.25, 0.3) is 0 Å². The Morgan fingerprint density at radius 3 is 2.84 bits per heavy atom. The summed E-state index contributed by atoms with van der Waals surface area (Å²) in [5, 5.41) is 0. The van der Waals surface area contributed by atoms with Crippen molar-refractivity contribution in [2.75, 3.05) is 6.54 Å². The highest BCUT2D eigenvalue weighted by atomic mass is 19.1. The summed E-state index contributed by atoms with van der Waals surface area (Å²) < 4.78 is 32.7. The van der Waals surface area contributed by atoms with Crippen LogP contribution in [0.1, 0.15) is 18.7 Å². The number of hydrogen-bond donors (Lipinski definition) is 1. The molecule has 1 aliphatic heterocycles. The number of nitrogens with zero attached hydrogens (tertiary/aromatic N) is 2. The number of carbonyl (C=O) groups excluding carboxylic acids is 2. The molecule has 0 aliphatic carbocycles. The maximum absolute atomic E-state index is 13.7. The lowest BCUT2D eigenvalue weighted by molar-refractivity contribution is -0.137. The molecule has 1 saturated heterocycles. The highest BCUT2D eigenvalue weighted by molar-refractivity contribution is 5.87. The molecule has 0 bridgehead atoms. The first-order valence-corrected chi connectivity index (χ1v) is 7.88. The van der Waals surface area contributed by atoms with Gasteiger partial charge in [-0.1, -0.05) is 12.1 Å². The molecule has 2 N–H and O–H groups in total. The van der Waals surface area contributed by atoms with Gasteiger partial charge >= 0.3 is 0 Å². The van der Waals surface area contributed by atoms with Crippen LogP contribution in [0.3, 0.4) is 0 Å². The zero-order chi connectivity index (χ0) is 18.0. The van der Waals surface area contributed by atoms with Crippen molar-refractivity contribution in [1.29, 1.82) is 0 Å². The molecule has 1 aromatic heterocycles. The van der Waals surface area contributed by atoms with Crippen LogP contribution in [0.4, 0.5) is 8.78 Å². The van der Waals surface area contributed by atoms with Crippen LogP contribution in [0.25, 0.3) is 11.3 Å². The van der Waals surface area contributed by atoms with Crippen LogP contribution >= 0.6 is 0 Å². The number of nitrogens with two attached hydrogens (primary N) is 1. The SMILES string of the molecule is NC(=O)[C@@H]1C[C@@H](F)CN1C(=O)CCc1ncc(-c2ccccc2F)o1. The summed E-state index contributed by atoms with van der Waals surface area (Å²) in [7, 11) is 0. The molecule has 2 amide bonds. The van der Waals surface area contributed by atoms with Crippen molar-refractivity contribution >= 4 is 11.8 Å². The molecule has 2 heterocycles. The molecule has 0 radical (unpaired) electrons. The largest absolute Gasteiger partial charge is 0.441 e. The summed E-state index contributed by atoms with van der Waals surface area (Å²) in [6.45, 7) is -0.140. The number of aromatic nitrogens is 1. The number of primary amides is 1. The zero-order valence-corrected chi connectivity index (χ0v) is 13.3. The van der Waals surface area contributed by atoms with Crippen LogP contribution in [-0.2, 0) is 16.0 Å². The van der Waals surface area contributed by atoms with E-state index in [4.69, 9.17) is 10.2 Å². The Morgan fingerprint density at radius 2 is 2.12 bits per heavy atom. The molecule has 1 fully saturated rings. The van der Waals surface area contributed by atoms with Crippen molar-refractivity contribution in [3.05, 3.63) is 42.2 Å². The summed E-state index contributed by atoms with van der Waals surface area (Å²) in [6.07, 6.45) is 0.214. The number of aryl methyl sites for hydroxylation is 1. The third-order valence-electron chi connectivity index (χ3n) is 4.14. The van der Waals surface area contributed by atoms with Crippen LogP contribution in [-0.4, -0.2) is 40.5 Å². The van der Waals surface area contributed by atoms with Crippen LogP contribution in [0.5, 0.6) is 0 Å². The van der Waals surface area contributed by atoms with E-state index in [1.54, 1.807) is 18.2 Å². The van der Waals surface area contributed by atoms with Gasteiger partial charge < -0.3 is 15.1 Å². The van der Waals surface area contributed by atoms with Crippen LogP contribution in [0.2, 0.25) is 0 Å². The minimum Gasteiger partial charge on any atom is -0.441 e. The molecule has 2 aromatic rings. The van der Waals surface area contributed by atoms with Crippen molar-refractivity contribution in [2.24, 2.45) is 5.73 Å². The van der Waals surface area contributed by atoms with Gasteiger partial charge in [0.15, 0.2) is 11.7 Å². The van der Waals surface area contributed by atoms with E-state index in [1.807, 2.05) is 0 Å². The summed E-state index contributed by atoms with van der Waals surface area (Å²) in [4.78, 5) is 28.7.